The minimum Gasteiger partial charge on any atom is -0.339 e. The van der Waals surface area contributed by atoms with Gasteiger partial charge in [0.05, 0.1) is 6.54 Å². The first-order valence-electron chi connectivity index (χ1n) is 5.57. The maximum absolute atomic E-state index is 5.15. The Morgan fingerprint density at radius 1 is 1.40 bits per heavy atom. The number of hydrogen-bond donors (Lipinski definition) is 1. The van der Waals surface area contributed by atoms with Gasteiger partial charge in [0.25, 0.3) is 0 Å². The van der Waals surface area contributed by atoms with Crippen molar-refractivity contribution in [2.24, 2.45) is 0 Å². The summed E-state index contributed by atoms with van der Waals surface area (Å²) in [5.74, 6) is 1.50. The first-order valence-corrected chi connectivity index (χ1v) is 5.57. The summed E-state index contributed by atoms with van der Waals surface area (Å²) in [6, 6.07) is 0. The van der Waals surface area contributed by atoms with Crippen molar-refractivity contribution in [3.63, 3.8) is 0 Å². The zero-order valence-corrected chi connectivity index (χ0v) is 9.20. The molecule has 1 N–H and O–H groups in total. The van der Waals surface area contributed by atoms with Crippen molar-refractivity contribution < 1.29 is 4.52 Å². The predicted molar refractivity (Wildman–Crippen MR) is 56.4 cm³/mol. The third kappa shape index (κ3) is 3.00. The lowest BCUT2D eigenvalue weighted by atomic mass is 10.4. The number of nitrogens with one attached hydrogen (secondary N) is 1. The standard InChI is InChI=1S/C10H18N4O/c1-11-8-9-12-10(15-13-9)4-7-14-5-2-3-6-14/h11H,2-8H2,1H3. The molecular weight excluding hydrogens is 192 g/mol. The Morgan fingerprint density at radius 3 is 2.93 bits per heavy atom. The van der Waals surface area contributed by atoms with E-state index in [0.717, 1.165) is 24.7 Å². The molecule has 0 aromatic carbocycles. The minimum absolute atomic E-state index is 0.674. The van der Waals surface area contributed by atoms with E-state index in [1.54, 1.807) is 0 Å². The van der Waals surface area contributed by atoms with Crippen LogP contribution in [0.2, 0.25) is 0 Å². The van der Waals surface area contributed by atoms with Crippen LogP contribution in [0, 0.1) is 0 Å². The summed E-state index contributed by atoms with van der Waals surface area (Å²) >= 11 is 0. The van der Waals surface area contributed by atoms with Crippen molar-refractivity contribution in [3.05, 3.63) is 11.7 Å². The third-order valence-electron chi connectivity index (χ3n) is 2.69. The molecule has 0 aliphatic carbocycles. The molecule has 1 aromatic heterocycles. The lowest BCUT2D eigenvalue weighted by molar-refractivity contribution is 0.310. The summed E-state index contributed by atoms with van der Waals surface area (Å²) in [4.78, 5) is 6.74. The van der Waals surface area contributed by atoms with Gasteiger partial charge in [-0.1, -0.05) is 5.16 Å². The van der Waals surface area contributed by atoms with E-state index >= 15 is 0 Å². The Hall–Kier alpha value is -0.940. The molecule has 5 nitrogen and oxygen atoms in total. The molecule has 1 aliphatic rings. The maximum atomic E-state index is 5.15. The average molecular weight is 210 g/mol. The van der Waals surface area contributed by atoms with E-state index in [1.807, 2.05) is 7.05 Å². The first kappa shape index (κ1) is 10.6. The van der Waals surface area contributed by atoms with Crippen LogP contribution in [0.3, 0.4) is 0 Å². The van der Waals surface area contributed by atoms with Gasteiger partial charge in [-0.15, -0.1) is 0 Å². The Kier molecular flexibility index (Phi) is 3.69. The predicted octanol–water partition coefficient (Wildman–Crippen LogP) is 0.427. The van der Waals surface area contributed by atoms with Crippen molar-refractivity contribution in [2.75, 3.05) is 26.7 Å². The van der Waals surface area contributed by atoms with Crippen LogP contribution in [0.15, 0.2) is 4.52 Å². The monoisotopic (exact) mass is 210 g/mol. The van der Waals surface area contributed by atoms with E-state index in [2.05, 4.69) is 20.4 Å². The van der Waals surface area contributed by atoms with Gasteiger partial charge in [0.1, 0.15) is 0 Å². The van der Waals surface area contributed by atoms with Crippen LogP contribution in [-0.2, 0) is 13.0 Å². The molecule has 1 aliphatic heterocycles. The average Bonchev–Trinajstić information content (AvgIpc) is 2.85. The van der Waals surface area contributed by atoms with Gasteiger partial charge in [-0.2, -0.15) is 4.98 Å². The van der Waals surface area contributed by atoms with Gasteiger partial charge in [-0.05, 0) is 33.0 Å². The van der Waals surface area contributed by atoms with Gasteiger partial charge < -0.3 is 14.7 Å². The van der Waals surface area contributed by atoms with Gasteiger partial charge in [-0.3, -0.25) is 0 Å². The van der Waals surface area contributed by atoms with E-state index in [9.17, 15) is 0 Å². The van der Waals surface area contributed by atoms with Gasteiger partial charge >= 0.3 is 0 Å². The molecule has 2 heterocycles. The summed E-state index contributed by atoms with van der Waals surface area (Å²) in [6.45, 7) is 4.16. The molecule has 0 unspecified atom stereocenters. The SMILES string of the molecule is CNCc1noc(CCN2CCCC2)n1. The Morgan fingerprint density at radius 2 is 2.20 bits per heavy atom. The number of nitrogens with zero attached hydrogens (tertiary/aromatic N) is 3. The number of rotatable bonds is 5. The summed E-state index contributed by atoms with van der Waals surface area (Å²) in [5.41, 5.74) is 0. The molecule has 5 heteroatoms. The molecule has 0 atom stereocenters. The highest BCUT2D eigenvalue weighted by molar-refractivity contribution is 4.86. The Labute approximate surface area is 89.8 Å². The van der Waals surface area contributed by atoms with Gasteiger partial charge in [-0.25, -0.2) is 0 Å². The number of aromatic nitrogens is 2. The fraction of sp³-hybridized carbons (Fsp3) is 0.800. The van der Waals surface area contributed by atoms with E-state index in [-0.39, 0.29) is 0 Å². The molecule has 15 heavy (non-hydrogen) atoms. The van der Waals surface area contributed by atoms with Crippen LogP contribution in [0.25, 0.3) is 0 Å². The fourth-order valence-corrected chi connectivity index (χ4v) is 1.88. The zero-order valence-electron chi connectivity index (χ0n) is 9.20. The summed E-state index contributed by atoms with van der Waals surface area (Å²) < 4.78 is 5.15. The highest BCUT2D eigenvalue weighted by atomic mass is 16.5. The second kappa shape index (κ2) is 5.23. The molecule has 0 radical (unpaired) electrons. The van der Waals surface area contributed by atoms with Crippen LogP contribution in [0.5, 0.6) is 0 Å². The van der Waals surface area contributed by atoms with Gasteiger partial charge in [0.15, 0.2) is 5.82 Å². The molecule has 0 spiro atoms. The maximum Gasteiger partial charge on any atom is 0.227 e. The van der Waals surface area contributed by atoms with Crippen LogP contribution < -0.4 is 5.32 Å². The van der Waals surface area contributed by atoms with Crippen molar-refractivity contribution in [1.82, 2.24) is 20.4 Å². The van der Waals surface area contributed by atoms with Crippen molar-refractivity contribution in [1.29, 1.82) is 0 Å². The summed E-state index contributed by atoms with van der Waals surface area (Å²) in [6.07, 6.45) is 3.53. The van der Waals surface area contributed by atoms with E-state index in [0.29, 0.717) is 6.54 Å². The van der Waals surface area contributed by atoms with Crippen molar-refractivity contribution in [3.8, 4) is 0 Å². The smallest absolute Gasteiger partial charge is 0.227 e. The molecule has 0 saturated carbocycles. The molecule has 84 valence electrons. The second-order valence-electron chi connectivity index (χ2n) is 3.93. The molecule has 0 bridgehead atoms. The highest BCUT2D eigenvalue weighted by Crippen LogP contribution is 2.08. The number of likely N-dealkylation sites (tertiary alicyclic amines) is 1. The lowest BCUT2D eigenvalue weighted by Gasteiger charge is -2.11. The van der Waals surface area contributed by atoms with E-state index < -0.39 is 0 Å². The summed E-state index contributed by atoms with van der Waals surface area (Å²) in [7, 11) is 1.88. The normalized spacial score (nSPS) is 17.4. The molecule has 0 amide bonds. The minimum atomic E-state index is 0.674. The number of hydrogen-bond acceptors (Lipinski definition) is 5. The Bertz CT molecular complexity index is 293. The van der Waals surface area contributed by atoms with E-state index in [4.69, 9.17) is 4.52 Å². The fourth-order valence-electron chi connectivity index (χ4n) is 1.88. The molecule has 1 saturated heterocycles. The first-order chi connectivity index (χ1) is 7.38. The largest absolute Gasteiger partial charge is 0.339 e. The molecule has 1 aromatic rings. The molecule has 1 fully saturated rings. The quantitative estimate of drug-likeness (QED) is 0.763. The summed E-state index contributed by atoms with van der Waals surface area (Å²) in [5, 5.41) is 6.88. The van der Waals surface area contributed by atoms with Crippen LogP contribution in [-0.4, -0.2) is 41.7 Å². The van der Waals surface area contributed by atoms with Gasteiger partial charge in [0, 0.05) is 13.0 Å². The topological polar surface area (TPSA) is 54.2 Å². The lowest BCUT2D eigenvalue weighted by Crippen LogP contribution is -2.22. The zero-order chi connectivity index (χ0) is 10.5. The molecule has 2 rings (SSSR count). The van der Waals surface area contributed by atoms with Crippen LogP contribution in [0.4, 0.5) is 0 Å². The highest BCUT2D eigenvalue weighted by Gasteiger charge is 2.13. The second-order valence-corrected chi connectivity index (χ2v) is 3.93. The van der Waals surface area contributed by atoms with Crippen LogP contribution in [0.1, 0.15) is 24.6 Å². The van der Waals surface area contributed by atoms with Crippen LogP contribution >= 0.6 is 0 Å². The third-order valence-corrected chi connectivity index (χ3v) is 2.69. The van der Waals surface area contributed by atoms with E-state index in [1.165, 1.54) is 25.9 Å². The van der Waals surface area contributed by atoms with Crippen molar-refractivity contribution in [2.45, 2.75) is 25.8 Å². The Balaban J connectivity index is 1.77. The van der Waals surface area contributed by atoms with Crippen molar-refractivity contribution >= 4 is 0 Å². The molecular formula is C10H18N4O. The van der Waals surface area contributed by atoms with Gasteiger partial charge in [0.2, 0.25) is 5.89 Å².